The highest BCUT2D eigenvalue weighted by molar-refractivity contribution is 7.81. The smallest absolute Gasteiger partial charge is 0.336 e. The van der Waals surface area contributed by atoms with Crippen LogP contribution in [-0.2, 0) is 33.8 Å². The number of nitrogens with zero attached hydrogens (tertiary/aromatic N) is 3. The van der Waals surface area contributed by atoms with Gasteiger partial charge in [0.1, 0.15) is 18.3 Å². The number of hydrogen-bond donors (Lipinski definition) is 6. The van der Waals surface area contributed by atoms with Crippen molar-refractivity contribution < 1.29 is 14.2 Å². The van der Waals surface area contributed by atoms with Gasteiger partial charge in [0, 0.05) is 36.9 Å². The van der Waals surface area contributed by atoms with Gasteiger partial charge in [0.05, 0.1) is 19.6 Å². The van der Waals surface area contributed by atoms with E-state index in [0.29, 0.717) is 19.6 Å². The summed E-state index contributed by atoms with van der Waals surface area (Å²) in [6, 6.07) is 0. The summed E-state index contributed by atoms with van der Waals surface area (Å²) in [5, 5.41) is 8.82. The standard InChI is InChI=1S/C21H36N6O6S6/c1-4-22-16(37)31-13(10-34)7-25-19(28)26(8-14(11-35)32-17(38)23-5-2)21(30)27(20(25)29)9-15(12-36)33-18(39)24-6-3/h13-15,34-36H,4-12H2,1-3H3,(H,22,37)(H,23,38)(H,24,39). The van der Waals surface area contributed by atoms with Gasteiger partial charge in [0.25, 0.3) is 15.5 Å². The summed E-state index contributed by atoms with van der Waals surface area (Å²) in [6.45, 7) is 6.42. The maximum atomic E-state index is 13.5. The van der Waals surface area contributed by atoms with Crippen LogP contribution in [0.4, 0.5) is 0 Å². The Balaban J connectivity index is 3.59. The number of ether oxygens (including phenoxy) is 3. The monoisotopic (exact) mass is 660 g/mol. The van der Waals surface area contributed by atoms with Crippen LogP contribution >= 0.6 is 74.5 Å². The van der Waals surface area contributed by atoms with Gasteiger partial charge >= 0.3 is 17.1 Å². The van der Waals surface area contributed by atoms with Crippen LogP contribution < -0.4 is 33.0 Å². The van der Waals surface area contributed by atoms with E-state index >= 15 is 0 Å². The van der Waals surface area contributed by atoms with Gasteiger partial charge in [-0.3, -0.25) is 0 Å². The minimum Gasteiger partial charge on any atom is -0.465 e. The highest BCUT2D eigenvalue weighted by Crippen LogP contribution is 2.03. The first-order valence-corrected chi connectivity index (χ1v) is 15.3. The van der Waals surface area contributed by atoms with Crippen LogP contribution in [0.15, 0.2) is 14.4 Å². The lowest BCUT2D eigenvalue weighted by Gasteiger charge is -2.23. The van der Waals surface area contributed by atoms with Crippen molar-refractivity contribution in [3.05, 3.63) is 31.5 Å². The molecule has 3 N–H and O–H groups in total. The van der Waals surface area contributed by atoms with Crippen LogP contribution in [0.1, 0.15) is 20.8 Å². The van der Waals surface area contributed by atoms with Gasteiger partial charge in [-0.05, 0) is 57.4 Å². The average Bonchev–Trinajstić information content (AvgIpc) is 2.89. The van der Waals surface area contributed by atoms with E-state index in [0.717, 1.165) is 13.7 Å². The van der Waals surface area contributed by atoms with Crippen molar-refractivity contribution in [2.75, 3.05) is 36.9 Å². The first kappa shape index (κ1) is 35.6. The Morgan fingerprint density at radius 1 is 0.615 bits per heavy atom. The summed E-state index contributed by atoms with van der Waals surface area (Å²) in [4.78, 5) is 40.5. The largest absolute Gasteiger partial charge is 0.465 e. The lowest BCUT2D eigenvalue weighted by Crippen LogP contribution is -2.58. The fourth-order valence-corrected chi connectivity index (χ4v) is 4.58. The summed E-state index contributed by atoms with van der Waals surface area (Å²) in [6.07, 6.45) is -2.25. The molecule has 0 aliphatic heterocycles. The van der Waals surface area contributed by atoms with Crippen molar-refractivity contribution >= 4 is 90.1 Å². The van der Waals surface area contributed by atoms with E-state index in [1.807, 2.05) is 20.8 Å². The predicted octanol–water partition coefficient (Wildman–Crippen LogP) is -0.200. The fraction of sp³-hybridized carbons (Fsp3) is 0.714. The Hall–Kier alpha value is -1.47. The molecule has 0 aromatic carbocycles. The van der Waals surface area contributed by atoms with Gasteiger partial charge in [-0.2, -0.15) is 37.9 Å². The Labute approximate surface area is 259 Å². The molecule has 0 saturated carbocycles. The molecule has 1 aromatic rings. The lowest BCUT2D eigenvalue weighted by molar-refractivity contribution is 0.160. The molecule has 0 fully saturated rings. The zero-order valence-corrected chi connectivity index (χ0v) is 27.1. The molecular formula is C21H36N6O6S6. The van der Waals surface area contributed by atoms with E-state index in [1.54, 1.807) is 0 Å². The van der Waals surface area contributed by atoms with Gasteiger partial charge in [0.15, 0.2) is 0 Å². The van der Waals surface area contributed by atoms with Crippen molar-refractivity contribution in [1.82, 2.24) is 29.7 Å². The molecule has 0 amide bonds. The zero-order valence-electron chi connectivity index (χ0n) is 22.0. The minimum atomic E-state index is -0.859. The van der Waals surface area contributed by atoms with Crippen LogP contribution in [-0.4, -0.2) is 84.4 Å². The third-order valence-electron chi connectivity index (χ3n) is 4.94. The number of nitrogens with one attached hydrogen (secondary N) is 3. The van der Waals surface area contributed by atoms with Gasteiger partial charge in [-0.1, -0.05) is 0 Å². The van der Waals surface area contributed by atoms with Crippen LogP contribution in [0.3, 0.4) is 0 Å². The van der Waals surface area contributed by atoms with E-state index in [4.69, 9.17) is 50.9 Å². The van der Waals surface area contributed by atoms with Gasteiger partial charge in [-0.25, -0.2) is 28.1 Å². The van der Waals surface area contributed by atoms with E-state index in [1.165, 1.54) is 0 Å². The molecule has 0 bridgehead atoms. The summed E-state index contributed by atoms with van der Waals surface area (Å²) in [5.41, 5.74) is -2.58. The SMILES string of the molecule is CCNC(=S)OC(CS)Cn1c(=O)n(CC(CS)OC(=S)NCC)c(=O)n(CC(CS)OC(=S)NCC)c1=O. The van der Waals surface area contributed by atoms with Crippen molar-refractivity contribution in [2.24, 2.45) is 0 Å². The van der Waals surface area contributed by atoms with Gasteiger partial charge < -0.3 is 30.2 Å². The quantitative estimate of drug-likeness (QED) is 0.110. The van der Waals surface area contributed by atoms with Crippen LogP contribution in [0.25, 0.3) is 0 Å². The van der Waals surface area contributed by atoms with Crippen molar-refractivity contribution in [1.29, 1.82) is 0 Å². The topological polar surface area (TPSA) is 130 Å². The normalized spacial score (nSPS) is 13.1. The van der Waals surface area contributed by atoms with Gasteiger partial charge in [-0.15, -0.1) is 0 Å². The number of thiocarbonyl (C=S) groups is 3. The van der Waals surface area contributed by atoms with E-state index in [2.05, 4.69) is 53.8 Å². The summed E-state index contributed by atoms with van der Waals surface area (Å²) in [7, 11) is 0. The highest BCUT2D eigenvalue weighted by atomic mass is 32.1. The molecule has 0 aliphatic rings. The molecule has 12 nitrogen and oxygen atoms in total. The Morgan fingerprint density at radius 3 is 1.03 bits per heavy atom. The molecule has 0 aliphatic carbocycles. The summed E-state index contributed by atoms with van der Waals surface area (Å²) < 4.78 is 19.6. The third kappa shape index (κ3) is 11.5. The van der Waals surface area contributed by atoms with Gasteiger partial charge in [0.2, 0.25) is 0 Å². The van der Waals surface area contributed by atoms with Crippen LogP contribution in [0.2, 0.25) is 0 Å². The Kier molecular flexibility index (Phi) is 17.1. The van der Waals surface area contributed by atoms with Crippen molar-refractivity contribution in [3.8, 4) is 0 Å². The average molecular weight is 661 g/mol. The second-order valence-corrected chi connectivity index (χ2v) is 10.1. The highest BCUT2D eigenvalue weighted by Gasteiger charge is 2.24. The molecule has 0 saturated heterocycles. The summed E-state index contributed by atoms with van der Waals surface area (Å²) in [5.74, 6) is 0.402. The zero-order chi connectivity index (χ0) is 29.5. The minimum absolute atomic E-state index is 0.0965. The Bertz CT molecular complexity index is 974. The maximum Gasteiger partial charge on any atom is 0.336 e. The van der Waals surface area contributed by atoms with Crippen molar-refractivity contribution in [2.45, 2.75) is 58.7 Å². The first-order chi connectivity index (χ1) is 18.6. The van der Waals surface area contributed by atoms with E-state index < -0.39 is 35.4 Å². The van der Waals surface area contributed by atoms with E-state index in [9.17, 15) is 14.4 Å². The molecule has 18 heteroatoms. The fourth-order valence-electron chi connectivity index (χ4n) is 3.17. The number of aromatic nitrogens is 3. The molecule has 0 spiro atoms. The molecule has 0 radical (unpaired) electrons. The molecule has 3 atom stereocenters. The molecule has 1 rings (SSSR count). The molecule has 222 valence electrons. The molecule has 3 unspecified atom stereocenters. The number of rotatable bonds is 15. The molecule has 1 heterocycles. The lowest BCUT2D eigenvalue weighted by atomic mass is 10.3. The number of hydrogen-bond acceptors (Lipinski definition) is 12. The second kappa shape index (κ2) is 18.8. The first-order valence-electron chi connectivity index (χ1n) is 12.2. The summed E-state index contributed by atoms with van der Waals surface area (Å²) >= 11 is 28.2. The van der Waals surface area contributed by atoms with Crippen LogP contribution in [0.5, 0.6) is 0 Å². The van der Waals surface area contributed by atoms with E-state index in [-0.39, 0.29) is 52.4 Å². The molecule has 39 heavy (non-hydrogen) atoms. The molecular weight excluding hydrogens is 625 g/mol. The predicted molar refractivity (Wildman–Crippen MR) is 174 cm³/mol. The third-order valence-corrected chi connectivity index (χ3v) is 6.88. The number of thiol groups is 3. The van der Waals surface area contributed by atoms with Crippen LogP contribution in [0, 0.1) is 0 Å². The molecule has 1 aromatic heterocycles. The Morgan fingerprint density at radius 2 is 0.846 bits per heavy atom. The second-order valence-electron chi connectivity index (χ2n) is 7.90. The maximum absolute atomic E-state index is 13.5. The van der Waals surface area contributed by atoms with Crippen molar-refractivity contribution in [3.63, 3.8) is 0 Å².